The topological polar surface area (TPSA) is 56.1 Å². The molecule has 0 radical (unpaired) electrons. The summed E-state index contributed by atoms with van der Waals surface area (Å²) in [6.07, 6.45) is 8.33. The van der Waals surface area contributed by atoms with Crippen LogP contribution in [0, 0.1) is 0 Å². The fourth-order valence-electron chi connectivity index (χ4n) is 2.58. The number of anilines is 2. The molecule has 0 amide bonds. The Morgan fingerprint density at radius 1 is 1.45 bits per heavy atom. The second-order valence-corrected chi connectivity index (χ2v) is 5.21. The minimum atomic E-state index is 0.608. The third-order valence-corrected chi connectivity index (χ3v) is 3.62. The molecule has 1 aliphatic heterocycles. The van der Waals surface area contributed by atoms with Gasteiger partial charge in [0.1, 0.15) is 25.5 Å². The second-order valence-electron chi connectivity index (χ2n) is 5.21. The van der Waals surface area contributed by atoms with Crippen molar-refractivity contribution < 1.29 is 9.30 Å². The lowest BCUT2D eigenvalue weighted by Gasteiger charge is -2.22. The molecular weight excluding hydrogens is 252 g/mol. The Labute approximate surface area is 119 Å². The third-order valence-electron chi connectivity index (χ3n) is 3.62. The number of benzene rings is 1. The van der Waals surface area contributed by atoms with Crippen LogP contribution in [-0.2, 0) is 20.0 Å². The van der Waals surface area contributed by atoms with Crippen molar-refractivity contribution in [2.45, 2.75) is 19.4 Å². The molecule has 2 aromatic rings. The molecule has 5 heteroatoms. The molecule has 0 unspecified atom stereocenters. The maximum atomic E-state index is 6.05. The summed E-state index contributed by atoms with van der Waals surface area (Å²) in [5.74, 6) is 0.804. The monoisotopic (exact) mass is 273 g/mol. The summed E-state index contributed by atoms with van der Waals surface area (Å²) in [6.45, 7) is 2.40. The first-order valence-electron chi connectivity index (χ1n) is 7.03. The fraction of sp³-hybridized carbons (Fsp3) is 0.400. The first-order valence-corrected chi connectivity index (χ1v) is 7.03. The minimum absolute atomic E-state index is 0.608. The molecule has 1 aromatic carbocycles. The van der Waals surface area contributed by atoms with Crippen LogP contribution in [0.1, 0.15) is 12.0 Å². The summed E-state index contributed by atoms with van der Waals surface area (Å²) < 4.78 is 10.0. The van der Waals surface area contributed by atoms with E-state index in [2.05, 4.69) is 16.0 Å². The summed E-state index contributed by atoms with van der Waals surface area (Å²) in [4.78, 5) is 0. The second kappa shape index (κ2) is 5.45. The molecule has 3 rings (SSSR count). The zero-order chi connectivity index (χ0) is 13.9. The van der Waals surface area contributed by atoms with Crippen LogP contribution in [0.5, 0.6) is 5.75 Å². The summed E-state index contributed by atoms with van der Waals surface area (Å²) in [6, 6.07) is 4.03. The summed E-state index contributed by atoms with van der Waals surface area (Å²) in [5, 5.41) is 3.41. The summed E-state index contributed by atoms with van der Waals surface area (Å²) >= 11 is 0. The van der Waals surface area contributed by atoms with Gasteiger partial charge in [0.25, 0.3) is 0 Å². The van der Waals surface area contributed by atoms with Gasteiger partial charge in [0.15, 0.2) is 5.75 Å². The maximum absolute atomic E-state index is 6.05. The molecule has 2 heterocycles. The van der Waals surface area contributed by atoms with Gasteiger partial charge in [-0.2, -0.15) is 0 Å². The Bertz CT molecular complexity index is 606. The predicted octanol–water partition coefficient (Wildman–Crippen LogP) is 1.33. The number of hydrogen-bond acceptors (Lipinski definition) is 3. The van der Waals surface area contributed by atoms with E-state index in [4.69, 9.17) is 10.5 Å². The Morgan fingerprint density at radius 2 is 2.35 bits per heavy atom. The van der Waals surface area contributed by atoms with Gasteiger partial charge in [-0.1, -0.05) is 6.07 Å². The average Bonchev–Trinajstić information content (AvgIpc) is 2.87. The average molecular weight is 273 g/mol. The van der Waals surface area contributed by atoms with Gasteiger partial charge >= 0.3 is 0 Å². The SMILES string of the molecule is C[n+]1ccn(CCOc2c(N)ccc3c2NCCC3)c1. The molecule has 0 fully saturated rings. The van der Waals surface area contributed by atoms with Gasteiger partial charge in [-0.3, -0.25) is 0 Å². The van der Waals surface area contributed by atoms with Crippen molar-refractivity contribution >= 4 is 11.4 Å². The highest BCUT2D eigenvalue weighted by Gasteiger charge is 2.16. The summed E-state index contributed by atoms with van der Waals surface area (Å²) in [7, 11) is 2.01. The van der Waals surface area contributed by atoms with Gasteiger partial charge in [0.05, 0.1) is 18.4 Å². The molecule has 5 nitrogen and oxygen atoms in total. The van der Waals surface area contributed by atoms with E-state index in [1.807, 2.05) is 36.4 Å². The molecule has 0 bridgehead atoms. The molecular formula is C15H21N4O+. The van der Waals surface area contributed by atoms with Crippen molar-refractivity contribution in [1.82, 2.24) is 4.57 Å². The zero-order valence-electron chi connectivity index (χ0n) is 11.8. The molecule has 0 spiro atoms. The van der Waals surface area contributed by atoms with Crippen molar-refractivity contribution in [2.24, 2.45) is 7.05 Å². The van der Waals surface area contributed by atoms with Crippen molar-refractivity contribution in [3.8, 4) is 5.75 Å². The van der Waals surface area contributed by atoms with Crippen molar-refractivity contribution in [2.75, 3.05) is 24.2 Å². The largest absolute Gasteiger partial charge is 0.485 e. The predicted molar refractivity (Wildman–Crippen MR) is 78.8 cm³/mol. The fourth-order valence-corrected chi connectivity index (χ4v) is 2.58. The van der Waals surface area contributed by atoms with E-state index in [-0.39, 0.29) is 0 Å². The Kier molecular flexibility index (Phi) is 3.50. The minimum Gasteiger partial charge on any atom is -0.485 e. The van der Waals surface area contributed by atoms with Gasteiger partial charge in [-0.15, -0.1) is 0 Å². The van der Waals surface area contributed by atoms with Crippen LogP contribution in [0.15, 0.2) is 30.9 Å². The van der Waals surface area contributed by atoms with E-state index in [0.29, 0.717) is 12.3 Å². The van der Waals surface area contributed by atoms with E-state index in [0.717, 1.165) is 37.4 Å². The molecule has 0 saturated heterocycles. The van der Waals surface area contributed by atoms with E-state index in [9.17, 15) is 0 Å². The lowest BCUT2D eigenvalue weighted by molar-refractivity contribution is -0.671. The number of nitrogen functional groups attached to an aromatic ring is 1. The lowest BCUT2D eigenvalue weighted by Crippen LogP contribution is -2.24. The van der Waals surface area contributed by atoms with Crippen LogP contribution in [0.2, 0.25) is 0 Å². The van der Waals surface area contributed by atoms with E-state index >= 15 is 0 Å². The quantitative estimate of drug-likeness (QED) is 0.653. The molecule has 0 aliphatic carbocycles. The Hall–Kier alpha value is -2.17. The molecule has 20 heavy (non-hydrogen) atoms. The van der Waals surface area contributed by atoms with Crippen molar-refractivity contribution in [1.29, 1.82) is 0 Å². The lowest BCUT2D eigenvalue weighted by atomic mass is 10.0. The molecule has 106 valence electrons. The third kappa shape index (κ3) is 2.57. The number of nitrogens with two attached hydrogens (primary N) is 1. The number of aryl methyl sites for hydroxylation is 2. The number of ether oxygens (including phenoxy) is 1. The number of nitrogens with one attached hydrogen (secondary N) is 1. The normalized spacial score (nSPS) is 13.7. The van der Waals surface area contributed by atoms with E-state index in [1.54, 1.807) is 0 Å². The highest BCUT2D eigenvalue weighted by Crippen LogP contribution is 2.37. The van der Waals surface area contributed by atoms with Crippen LogP contribution in [0.25, 0.3) is 0 Å². The molecule has 3 N–H and O–H groups in total. The van der Waals surface area contributed by atoms with Gasteiger partial charge in [-0.25, -0.2) is 9.13 Å². The zero-order valence-corrected chi connectivity index (χ0v) is 11.8. The molecule has 1 aromatic heterocycles. The Balaban J connectivity index is 1.70. The number of nitrogens with zero attached hydrogens (tertiary/aromatic N) is 2. The van der Waals surface area contributed by atoms with Crippen LogP contribution in [0.4, 0.5) is 11.4 Å². The number of fused-ring (bicyclic) bond motifs is 1. The van der Waals surface area contributed by atoms with Crippen LogP contribution < -0.4 is 20.4 Å². The number of rotatable bonds is 4. The Morgan fingerprint density at radius 3 is 3.15 bits per heavy atom. The first-order chi connectivity index (χ1) is 9.74. The molecule has 0 saturated carbocycles. The van der Waals surface area contributed by atoms with Crippen LogP contribution in [0.3, 0.4) is 0 Å². The standard InChI is InChI=1S/C15H21N4O/c1-18-7-8-19(11-18)9-10-20-15-13(16)5-4-12-3-2-6-17-14(12)15/h4-5,7-8,11,17H,2-3,6,9-10,16H2,1H3/q+1. The highest BCUT2D eigenvalue weighted by atomic mass is 16.5. The first kappa shape index (κ1) is 12.8. The van der Waals surface area contributed by atoms with Crippen molar-refractivity contribution in [3.63, 3.8) is 0 Å². The van der Waals surface area contributed by atoms with Gasteiger partial charge in [0, 0.05) is 6.54 Å². The maximum Gasteiger partial charge on any atom is 0.243 e. The van der Waals surface area contributed by atoms with Crippen molar-refractivity contribution in [3.05, 3.63) is 36.4 Å². The molecule has 1 aliphatic rings. The summed E-state index contributed by atoms with van der Waals surface area (Å²) in [5.41, 5.74) is 9.13. The smallest absolute Gasteiger partial charge is 0.243 e. The van der Waals surface area contributed by atoms with E-state index < -0.39 is 0 Å². The van der Waals surface area contributed by atoms with Crippen LogP contribution in [-0.4, -0.2) is 17.7 Å². The van der Waals surface area contributed by atoms with Gasteiger partial charge in [0.2, 0.25) is 6.33 Å². The number of aromatic nitrogens is 2. The highest BCUT2D eigenvalue weighted by molar-refractivity contribution is 5.73. The molecule has 0 atom stereocenters. The van der Waals surface area contributed by atoms with Crippen LogP contribution >= 0.6 is 0 Å². The van der Waals surface area contributed by atoms with E-state index in [1.165, 1.54) is 5.56 Å². The number of imidazole rings is 1. The van der Waals surface area contributed by atoms with Gasteiger partial charge in [-0.05, 0) is 24.5 Å². The number of hydrogen-bond donors (Lipinski definition) is 2. The van der Waals surface area contributed by atoms with Gasteiger partial charge < -0.3 is 15.8 Å².